The Hall–Kier alpha value is -2.16. The van der Waals surface area contributed by atoms with Crippen LogP contribution in [0.5, 0.6) is 5.75 Å². The van der Waals surface area contributed by atoms with Crippen LogP contribution < -0.4 is 4.74 Å². The molecule has 22 heavy (non-hydrogen) atoms. The van der Waals surface area contributed by atoms with Crippen LogP contribution in [0.3, 0.4) is 0 Å². The van der Waals surface area contributed by atoms with Crippen LogP contribution in [0, 0.1) is 12.7 Å². The van der Waals surface area contributed by atoms with Crippen molar-refractivity contribution in [2.24, 2.45) is 0 Å². The molecule has 2 nitrogen and oxygen atoms in total. The van der Waals surface area contributed by atoms with Gasteiger partial charge in [0.2, 0.25) is 0 Å². The van der Waals surface area contributed by atoms with Crippen LogP contribution in [0.15, 0.2) is 42.5 Å². The Balaban J connectivity index is 1.81. The number of Topliss-reactive ketones (excluding diaryl/α,β-unsaturated/α-hetero) is 1. The lowest BCUT2D eigenvalue weighted by Crippen LogP contribution is -2.05. The maximum Gasteiger partial charge on any atom is 0.137 e. The van der Waals surface area contributed by atoms with Gasteiger partial charge in [-0.3, -0.25) is 4.79 Å². The Bertz CT molecular complexity index is 632. The third-order valence-corrected chi connectivity index (χ3v) is 3.78. The van der Waals surface area contributed by atoms with E-state index in [2.05, 4.69) is 0 Å². The molecular formula is C19H21FO2. The number of ketones is 1. The first-order valence-corrected chi connectivity index (χ1v) is 7.48. The molecule has 0 atom stereocenters. The van der Waals surface area contributed by atoms with E-state index >= 15 is 0 Å². The SMILES string of the molecule is COc1ccc(CCCC(=O)Cc2cc(F)ccc2C)cc1. The van der Waals surface area contributed by atoms with Crippen molar-refractivity contribution in [1.82, 2.24) is 0 Å². The van der Waals surface area contributed by atoms with Crippen molar-refractivity contribution in [2.75, 3.05) is 7.11 Å². The molecule has 116 valence electrons. The first-order chi connectivity index (χ1) is 10.6. The molecule has 0 saturated carbocycles. The molecular weight excluding hydrogens is 279 g/mol. The molecule has 0 fully saturated rings. The van der Waals surface area contributed by atoms with Crippen LogP contribution in [-0.2, 0) is 17.6 Å². The molecule has 0 aromatic heterocycles. The van der Waals surface area contributed by atoms with E-state index in [0.717, 1.165) is 29.7 Å². The topological polar surface area (TPSA) is 26.3 Å². The first-order valence-electron chi connectivity index (χ1n) is 7.48. The molecule has 0 spiro atoms. The van der Waals surface area contributed by atoms with E-state index in [-0.39, 0.29) is 11.6 Å². The number of hydrogen-bond acceptors (Lipinski definition) is 2. The molecule has 0 amide bonds. The number of carbonyl (C=O) groups is 1. The lowest BCUT2D eigenvalue weighted by atomic mass is 9.99. The minimum atomic E-state index is -0.286. The van der Waals surface area contributed by atoms with Crippen LogP contribution in [0.1, 0.15) is 29.5 Å². The number of methoxy groups -OCH3 is 1. The third kappa shape index (κ3) is 4.69. The summed E-state index contributed by atoms with van der Waals surface area (Å²) in [4.78, 5) is 12.0. The summed E-state index contributed by atoms with van der Waals surface area (Å²) in [6, 6.07) is 12.5. The highest BCUT2D eigenvalue weighted by molar-refractivity contribution is 5.81. The number of hydrogen-bond donors (Lipinski definition) is 0. The van der Waals surface area contributed by atoms with Crippen LogP contribution in [0.25, 0.3) is 0 Å². The van der Waals surface area contributed by atoms with Gasteiger partial charge < -0.3 is 4.74 Å². The van der Waals surface area contributed by atoms with Gasteiger partial charge in [-0.2, -0.15) is 0 Å². The molecule has 0 heterocycles. The Kier molecular flexibility index (Phi) is 5.70. The van der Waals surface area contributed by atoms with Crippen LogP contribution in [-0.4, -0.2) is 12.9 Å². The van der Waals surface area contributed by atoms with Gasteiger partial charge in [-0.05, 0) is 60.7 Å². The molecule has 0 bridgehead atoms. The summed E-state index contributed by atoms with van der Waals surface area (Å²) in [6.45, 7) is 1.90. The van der Waals surface area contributed by atoms with E-state index in [1.54, 1.807) is 13.2 Å². The monoisotopic (exact) mass is 300 g/mol. The molecule has 0 unspecified atom stereocenters. The second-order valence-corrected chi connectivity index (χ2v) is 5.49. The zero-order valence-electron chi connectivity index (χ0n) is 13.1. The van der Waals surface area contributed by atoms with Crippen molar-refractivity contribution in [1.29, 1.82) is 0 Å². The van der Waals surface area contributed by atoms with Gasteiger partial charge in [0, 0.05) is 12.8 Å². The van der Waals surface area contributed by atoms with Gasteiger partial charge in [-0.25, -0.2) is 4.39 Å². The third-order valence-electron chi connectivity index (χ3n) is 3.78. The number of rotatable bonds is 7. The highest BCUT2D eigenvalue weighted by atomic mass is 19.1. The maximum atomic E-state index is 13.2. The van der Waals surface area contributed by atoms with Crippen molar-refractivity contribution in [3.05, 3.63) is 65.0 Å². The second kappa shape index (κ2) is 7.74. The summed E-state index contributed by atoms with van der Waals surface area (Å²) in [6.07, 6.45) is 2.49. The summed E-state index contributed by atoms with van der Waals surface area (Å²) in [7, 11) is 1.64. The summed E-state index contributed by atoms with van der Waals surface area (Å²) in [5, 5.41) is 0. The molecule has 2 aromatic rings. The smallest absolute Gasteiger partial charge is 0.137 e. The molecule has 0 aliphatic carbocycles. The fraction of sp³-hybridized carbons (Fsp3) is 0.316. The Morgan fingerprint density at radius 3 is 2.55 bits per heavy atom. The minimum Gasteiger partial charge on any atom is -0.497 e. The van der Waals surface area contributed by atoms with E-state index in [1.807, 2.05) is 31.2 Å². The highest BCUT2D eigenvalue weighted by Crippen LogP contribution is 2.15. The first kappa shape index (κ1) is 16.2. The van der Waals surface area contributed by atoms with Gasteiger partial charge in [-0.15, -0.1) is 0 Å². The van der Waals surface area contributed by atoms with Crippen molar-refractivity contribution >= 4 is 5.78 Å². The number of ether oxygens (including phenoxy) is 1. The summed E-state index contributed by atoms with van der Waals surface area (Å²) in [5.41, 5.74) is 2.94. The number of benzene rings is 2. The molecule has 0 aliphatic heterocycles. The Labute approximate surface area is 130 Å². The average molecular weight is 300 g/mol. The van der Waals surface area contributed by atoms with Gasteiger partial charge in [0.15, 0.2) is 0 Å². The number of halogens is 1. The van der Waals surface area contributed by atoms with E-state index in [1.165, 1.54) is 17.7 Å². The fourth-order valence-corrected chi connectivity index (χ4v) is 2.41. The van der Waals surface area contributed by atoms with E-state index in [4.69, 9.17) is 4.74 Å². The highest BCUT2D eigenvalue weighted by Gasteiger charge is 2.07. The predicted molar refractivity (Wildman–Crippen MR) is 85.8 cm³/mol. The van der Waals surface area contributed by atoms with Crippen molar-refractivity contribution in [3.63, 3.8) is 0 Å². The van der Waals surface area contributed by atoms with Gasteiger partial charge in [0.25, 0.3) is 0 Å². The lowest BCUT2D eigenvalue weighted by Gasteiger charge is -2.06. The van der Waals surface area contributed by atoms with E-state index in [9.17, 15) is 9.18 Å². The quantitative estimate of drug-likeness (QED) is 0.763. The minimum absolute atomic E-state index is 0.155. The van der Waals surface area contributed by atoms with Crippen LogP contribution in [0.4, 0.5) is 4.39 Å². The maximum absolute atomic E-state index is 13.2. The van der Waals surface area contributed by atoms with Gasteiger partial charge >= 0.3 is 0 Å². The molecule has 0 radical (unpaired) electrons. The van der Waals surface area contributed by atoms with Crippen molar-refractivity contribution < 1.29 is 13.9 Å². The summed E-state index contributed by atoms with van der Waals surface area (Å²) in [5.74, 6) is 0.704. The summed E-state index contributed by atoms with van der Waals surface area (Å²) < 4.78 is 18.3. The predicted octanol–water partition coefficient (Wildman–Crippen LogP) is 4.28. The van der Waals surface area contributed by atoms with Gasteiger partial charge in [-0.1, -0.05) is 18.2 Å². The zero-order valence-corrected chi connectivity index (χ0v) is 13.1. The molecule has 2 aromatic carbocycles. The van der Waals surface area contributed by atoms with Crippen LogP contribution in [0.2, 0.25) is 0 Å². The van der Waals surface area contributed by atoms with Crippen LogP contribution >= 0.6 is 0 Å². The van der Waals surface area contributed by atoms with Gasteiger partial charge in [0.1, 0.15) is 17.3 Å². The fourth-order valence-electron chi connectivity index (χ4n) is 2.41. The average Bonchev–Trinajstić information content (AvgIpc) is 2.51. The second-order valence-electron chi connectivity index (χ2n) is 5.49. The van der Waals surface area contributed by atoms with Crippen molar-refractivity contribution in [2.45, 2.75) is 32.6 Å². The normalized spacial score (nSPS) is 10.5. The Morgan fingerprint density at radius 1 is 1.14 bits per heavy atom. The van der Waals surface area contributed by atoms with E-state index in [0.29, 0.717) is 12.8 Å². The Morgan fingerprint density at radius 2 is 1.86 bits per heavy atom. The standard InChI is InChI=1S/C19H21FO2/c1-14-6-9-17(20)12-16(14)13-18(21)5-3-4-15-7-10-19(22-2)11-8-15/h6-12H,3-5,13H2,1-2H3. The largest absolute Gasteiger partial charge is 0.497 e. The van der Waals surface area contributed by atoms with E-state index < -0.39 is 0 Å². The number of aryl methyl sites for hydroxylation is 2. The zero-order chi connectivity index (χ0) is 15.9. The molecule has 2 rings (SSSR count). The lowest BCUT2D eigenvalue weighted by molar-refractivity contribution is -0.118. The molecule has 0 aliphatic rings. The van der Waals surface area contributed by atoms with Gasteiger partial charge in [0.05, 0.1) is 7.11 Å². The molecule has 0 saturated heterocycles. The number of carbonyl (C=O) groups excluding carboxylic acids is 1. The summed E-state index contributed by atoms with van der Waals surface area (Å²) >= 11 is 0. The molecule has 0 N–H and O–H groups in total. The van der Waals surface area contributed by atoms with Crippen molar-refractivity contribution in [3.8, 4) is 5.75 Å². The molecule has 3 heteroatoms.